The van der Waals surface area contributed by atoms with Gasteiger partial charge in [0.2, 0.25) is 0 Å². The third-order valence-electron chi connectivity index (χ3n) is 2.01. The molecule has 1 heterocycles. The van der Waals surface area contributed by atoms with Gasteiger partial charge in [0.25, 0.3) is 5.91 Å². The Morgan fingerprint density at radius 3 is 2.73 bits per heavy atom. The number of carbonyl (C=O) groups excluding carboxylic acids is 1. The van der Waals surface area contributed by atoms with Crippen LogP contribution in [0.5, 0.6) is 0 Å². The van der Waals surface area contributed by atoms with Crippen molar-refractivity contribution in [1.82, 2.24) is 4.90 Å². The summed E-state index contributed by atoms with van der Waals surface area (Å²) in [5.41, 5.74) is 0. The Bertz CT molecular complexity index is 327. The molecule has 0 fully saturated rings. The fourth-order valence-electron chi connectivity index (χ4n) is 1.24. The van der Waals surface area contributed by atoms with Crippen LogP contribution in [0, 0.1) is 0 Å². The molecule has 15 heavy (non-hydrogen) atoms. The van der Waals surface area contributed by atoms with Crippen LogP contribution in [0.4, 0.5) is 0 Å². The van der Waals surface area contributed by atoms with Gasteiger partial charge in [-0.05, 0) is 41.4 Å². The topological polar surface area (TPSA) is 20.3 Å². The lowest BCUT2D eigenvalue weighted by Gasteiger charge is -2.19. The molecule has 0 saturated carbocycles. The first-order valence-corrected chi connectivity index (χ1v) is 7.52. The number of amides is 1. The molecule has 0 spiro atoms. The molecule has 0 radical (unpaired) electrons. The number of carbonyl (C=O) groups is 1. The number of halogens is 2. The van der Waals surface area contributed by atoms with Crippen LogP contribution in [0.3, 0.4) is 0 Å². The van der Waals surface area contributed by atoms with E-state index in [0.717, 1.165) is 33.5 Å². The fraction of sp³-hybridized carbons (Fsp3) is 0.500. The summed E-state index contributed by atoms with van der Waals surface area (Å²) in [6.07, 6.45) is 0.992. The molecule has 2 nitrogen and oxygen atoms in total. The van der Waals surface area contributed by atoms with Gasteiger partial charge in [0.05, 0.1) is 8.66 Å². The number of nitrogens with zero attached hydrogens (tertiary/aromatic N) is 1. The molecule has 1 amide bonds. The van der Waals surface area contributed by atoms with Gasteiger partial charge >= 0.3 is 0 Å². The molecule has 0 bridgehead atoms. The average Bonchev–Trinajstić information content (AvgIpc) is 2.65. The first kappa shape index (κ1) is 13.2. The van der Waals surface area contributed by atoms with Crippen molar-refractivity contribution >= 4 is 49.1 Å². The Hall–Kier alpha value is 0.130. The molecule has 5 heteroatoms. The molecule has 0 unspecified atom stereocenters. The first-order chi connectivity index (χ1) is 7.19. The second-order valence-corrected chi connectivity index (χ2v) is 6.29. The van der Waals surface area contributed by atoms with Crippen LogP contribution >= 0.6 is 43.2 Å². The highest BCUT2D eigenvalue weighted by molar-refractivity contribution is 9.11. The molecule has 0 aliphatic rings. The lowest BCUT2D eigenvalue weighted by molar-refractivity contribution is 0.0770. The number of alkyl halides is 1. The van der Waals surface area contributed by atoms with Crippen LogP contribution in [0.25, 0.3) is 0 Å². The average molecular weight is 355 g/mol. The summed E-state index contributed by atoms with van der Waals surface area (Å²) in [6, 6.07) is 3.78. The summed E-state index contributed by atoms with van der Waals surface area (Å²) in [5.74, 6) is 0.133. The van der Waals surface area contributed by atoms with Crippen molar-refractivity contribution in [2.75, 3.05) is 18.4 Å². The van der Waals surface area contributed by atoms with Gasteiger partial charge in [-0.3, -0.25) is 4.79 Å². The Balaban J connectivity index is 2.64. The maximum Gasteiger partial charge on any atom is 0.263 e. The van der Waals surface area contributed by atoms with Crippen molar-refractivity contribution < 1.29 is 4.79 Å². The Morgan fingerprint density at radius 2 is 2.27 bits per heavy atom. The van der Waals surface area contributed by atoms with Crippen molar-refractivity contribution in [2.24, 2.45) is 0 Å². The second-order valence-electron chi connectivity index (χ2n) is 3.03. The quantitative estimate of drug-likeness (QED) is 0.737. The molecule has 0 atom stereocenters. The van der Waals surface area contributed by atoms with Crippen molar-refractivity contribution in [3.63, 3.8) is 0 Å². The summed E-state index contributed by atoms with van der Waals surface area (Å²) in [4.78, 5) is 14.7. The lowest BCUT2D eigenvalue weighted by atomic mass is 10.3. The van der Waals surface area contributed by atoms with Gasteiger partial charge in [0.1, 0.15) is 0 Å². The van der Waals surface area contributed by atoms with E-state index in [2.05, 4.69) is 31.9 Å². The number of hydrogen-bond donors (Lipinski definition) is 0. The molecular weight excluding hydrogens is 342 g/mol. The zero-order valence-corrected chi connectivity index (χ0v) is 12.5. The highest BCUT2D eigenvalue weighted by Crippen LogP contribution is 2.23. The molecular formula is C10H13Br2NOS. The van der Waals surface area contributed by atoms with Crippen LogP contribution in [-0.2, 0) is 0 Å². The predicted molar refractivity (Wildman–Crippen MR) is 72.0 cm³/mol. The van der Waals surface area contributed by atoms with Gasteiger partial charge in [0, 0.05) is 18.4 Å². The minimum absolute atomic E-state index is 0.133. The predicted octanol–water partition coefficient (Wildman–Crippen LogP) is 3.76. The van der Waals surface area contributed by atoms with E-state index < -0.39 is 0 Å². The zero-order chi connectivity index (χ0) is 11.3. The summed E-state index contributed by atoms with van der Waals surface area (Å²) in [7, 11) is 0. The van der Waals surface area contributed by atoms with Crippen molar-refractivity contribution in [1.29, 1.82) is 0 Å². The second kappa shape index (κ2) is 6.66. The smallest absolute Gasteiger partial charge is 0.263 e. The van der Waals surface area contributed by atoms with Crippen molar-refractivity contribution in [2.45, 2.75) is 13.3 Å². The maximum atomic E-state index is 12.0. The van der Waals surface area contributed by atoms with Gasteiger partial charge in [-0.2, -0.15) is 0 Å². The van der Waals surface area contributed by atoms with E-state index in [-0.39, 0.29) is 5.91 Å². The first-order valence-electron chi connectivity index (χ1n) is 4.79. The van der Waals surface area contributed by atoms with E-state index in [1.807, 2.05) is 24.0 Å². The SMILES string of the molecule is CCN(CCCBr)C(=O)c1ccc(Br)s1. The minimum Gasteiger partial charge on any atom is -0.338 e. The number of hydrogen-bond acceptors (Lipinski definition) is 2. The third kappa shape index (κ3) is 3.89. The van der Waals surface area contributed by atoms with E-state index in [1.165, 1.54) is 11.3 Å². The van der Waals surface area contributed by atoms with Crippen molar-refractivity contribution in [3.05, 3.63) is 20.8 Å². The fourth-order valence-corrected chi connectivity index (χ4v) is 2.84. The van der Waals surface area contributed by atoms with E-state index in [4.69, 9.17) is 0 Å². The van der Waals surface area contributed by atoms with Crippen LogP contribution in [-0.4, -0.2) is 29.2 Å². The van der Waals surface area contributed by atoms with Gasteiger partial charge in [-0.15, -0.1) is 11.3 Å². The Kier molecular flexibility index (Phi) is 5.86. The normalized spacial score (nSPS) is 10.3. The molecule has 0 aliphatic heterocycles. The number of thiophene rings is 1. The largest absolute Gasteiger partial charge is 0.338 e. The molecule has 0 saturated heterocycles. The van der Waals surface area contributed by atoms with Crippen LogP contribution in [0.1, 0.15) is 23.0 Å². The van der Waals surface area contributed by atoms with Crippen molar-refractivity contribution in [3.8, 4) is 0 Å². The Labute approximate surface area is 111 Å². The lowest BCUT2D eigenvalue weighted by Crippen LogP contribution is -2.31. The highest BCUT2D eigenvalue weighted by Gasteiger charge is 2.15. The summed E-state index contributed by atoms with van der Waals surface area (Å²) >= 11 is 8.22. The molecule has 84 valence electrons. The minimum atomic E-state index is 0.133. The van der Waals surface area contributed by atoms with E-state index in [1.54, 1.807) is 0 Å². The zero-order valence-electron chi connectivity index (χ0n) is 8.50. The number of rotatable bonds is 5. The van der Waals surface area contributed by atoms with Crippen LogP contribution in [0.2, 0.25) is 0 Å². The summed E-state index contributed by atoms with van der Waals surface area (Å²) in [6.45, 7) is 3.59. The van der Waals surface area contributed by atoms with Crippen LogP contribution < -0.4 is 0 Å². The van der Waals surface area contributed by atoms with Gasteiger partial charge < -0.3 is 4.90 Å². The molecule has 0 N–H and O–H groups in total. The monoisotopic (exact) mass is 353 g/mol. The van der Waals surface area contributed by atoms with Gasteiger partial charge in [-0.1, -0.05) is 15.9 Å². The molecule has 1 rings (SSSR count). The summed E-state index contributed by atoms with van der Waals surface area (Å²) < 4.78 is 1.00. The summed E-state index contributed by atoms with van der Waals surface area (Å²) in [5, 5.41) is 0.935. The van der Waals surface area contributed by atoms with Crippen LogP contribution in [0.15, 0.2) is 15.9 Å². The van der Waals surface area contributed by atoms with E-state index in [0.29, 0.717) is 0 Å². The van der Waals surface area contributed by atoms with E-state index in [9.17, 15) is 4.79 Å². The van der Waals surface area contributed by atoms with Gasteiger partial charge in [0.15, 0.2) is 0 Å². The standard InChI is InChI=1S/C10H13Br2NOS/c1-2-13(7-3-6-11)10(14)8-4-5-9(12)15-8/h4-5H,2-3,6-7H2,1H3. The third-order valence-corrected chi connectivity index (χ3v) is 4.19. The molecule has 1 aromatic heterocycles. The molecule has 0 aromatic carbocycles. The maximum absolute atomic E-state index is 12.0. The molecule has 0 aliphatic carbocycles. The molecule has 1 aromatic rings. The van der Waals surface area contributed by atoms with E-state index >= 15 is 0 Å². The highest BCUT2D eigenvalue weighted by atomic mass is 79.9. The van der Waals surface area contributed by atoms with Gasteiger partial charge in [-0.25, -0.2) is 0 Å². The Morgan fingerprint density at radius 1 is 1.53 bits per heavy atom.